The highest BCUT2D eigenvalue weighted by molar-refractivity contribution is 5.91. The topological polar surface area (TPSA) is 84.9 Å². The van der Waals surface area contributed by atoms with Crippen LogP contribution in [0.5, 0.6) is 0 Å². The molecule has 3 rings (SSSR count). The minimum absolute atomic E-state index is 0.0169. The van der Waals surface area contributed by atoms with Crippen LogP contribution in [0.3, 0.4) is 0 Å². The highest BCUT2D eigenvalue weighted by Crippen LogP contribution is 2.30. The molecule has 1 aromatic rings. The number of rotatable bonds is 5. The van der Waals surface area contributed by atoms with Gasteiger partial charge in [-0.3, -0.25) is 19.3 Å². The summed E-state index contributed by atoms with van der Waals surface area (Å²) < 4.78 is 10.5. The van der Waals surface area contributed by atoms with Gasteiger partial charge in [-0.05, 0) is 5.56 Å². The Morgan fingerprint density at radius 2 is 2.13 bits per heavy atom. The molecule has 2 amide bonds. The first kappa shape index (κ1) is 15.1. The molecule has 0 spiro atoms. The summed E-state index contributed by atoms with van der Waals surface area (Å²) >= 11 is 0. The number of hydrogen-bond acceptors (Lipinski definition) is 5. The first-order valence-corrected chi connectivity index (χ1v) is 7.26. The van der Waals surface area contributed by atoms with Crippen molar-refractivity contribution in [1.29, 1.82) is 0 Å². The number of amides is 2. The molecule has 2 fully saturated rings. The molecule has 0 aromatic heterocycles. The molecule has 2 aliphatic rings. The van der Waals surface area contributed by atoms with Gasteiger partial charge in [-0.25, -0.2) is 0 Å². The molecule has 2 saturated heterocycles. The summed E-state index contributed by atoms with van der Waals surface area (Å²) in [6.45, 7) is 0.245. The summed E-state index contributed by atoms with van der Waals surface area (Å²) in [5.41, 5.74) is 0.878. The molecule has 0 radical (unpaired) electrons. The highest BCUT2D eigenvalue weighted by atomic mass is 16.5. The smallest absolute Gasteiger partial charge is 0.325 e. The second-order valence-electron chi connectivity index (χ2n) is 5.27. The van der Waals surface area contributed by atoms with E-state index in [-0.39, 0.29) is 25.3 Å². The molecule has 7 nitrogen and oxygen atoms in total. The lowest BCUT2D eigenvalue weighted by Gasteiger charge is -2.30. The number of nitrogens with one attached hydrogen (secondary N) is 1. The first-order chi connectivity index (χ1) is 11.1. The average molecular weight is 316 g/mol. The Balaban J connectivity index is 1.39. The van der Waals surface area contributed by atoms with Crippen LogP contribution in [0.15, 0.2) is 42.2 Å². The van der Waals surface area contributed by atoms with E-state index < -0.39 is 11.9 Å². The maximum absolute atomic E-state index is 11.7. The molecule has 0 bridgehead atoms. The first-order valence-electron chi connectivity index (χ1n) is 7.26. The second kappa shape index (κ2) is 6.51. The van der Waals surface area contributed by atoms with Gasteiger partial charge >= 0.3 is 5.97 Å². The number of carbonyl (C=O) groups is 3. The second-order valence-corrected chi connectivity index (χ2v) is 5.27. The summed E-state index contributed by atoms with van der Waals surface area (Å²) in [7, 11) is 0. The van der Waals surface area contributed by atoms with Crippen molar-refractivity contribution in [3.05, 3.63) is 47.7 Å². The largest absolute Gasteiger partial charge is 0.472 e. The summed E-state index contributed by atoms with van der Waals surface area (Å²) in [5, 5.41) is 2.43. The fraction of sp³-hybridized carbons (Fsp3) is 0.312. The third-order valence-electron chi connectivity index (χ3n) is 3.57. The standard InChI is InChI=1S/C16H16N2O5/c19-13(6-12-9-18-14(20)7-15(18)23-12)17-8-16(21)22-10-11-4-2-1-3-5-11/h1-6,15H,7-10H2,(H,17,19). The number of hydrogen-bond donors (Lipinski definition) is 1. The van der Waals surface area contributed by atoms with Crippen LogP contribution in [0.2, 0.25) is 0 Å². The van der Waals surface area contributed by atoms with Crippen molar-refractivity contribution in [3.63, 3.8) is 0 Å². The van der Waals surface area contributed by atoms with E-state index >= 15 is 0 Å². The van der Waals surface area contributed by atoms with E-state index in [1.807, 2.05) is 30.3 Å². The zero-order valence-corrected chi connectivity index (χ0v) is 12.4. The Kier molecular flexibility index (Phi) is 4.27. The van der Waals surface area contributed by atoms with Crippen LogP contribution in [0.25, 0.3) is 0 Å². The van der Waals surface area contributed by atoms with Crippen molar-refractivity contribution in [2.75, 3.05) is 13.1 Å². The summed E-state index contributed by atoms with van der Waals surface area (Å²) in [4.78, 5) is 36.0. The lowest BCUT2D eigenvalue weighted by molar-refractivity contribution is -0.154. The third kappa shape index (κ3) is 3.68. The number of nitrogens with zero attached hydrogens (tertiary/aromatic N) is 1. The van der Waals surface area contributed by atoms with Crippen LogP contribution < -0.4 is 5.32 Å². The van der Waals surface area contributed by atoms with Gasteiger partial charge in [0.05, 0.1) is 13.0 Å². The van der Waals surface area contributed by atoms with E-state index in [1.165, 1.54) is 6.08 Å². The molecule has 120 valence electrons. The molecule has 7 heteroatoms. The fourth-order valence-electron chi connectivity index (χ4n) is 2.33. The van der Waals surface area contributed by atoms with Crippen molar-refractivity contribution in [3.8, 4) is 0 Å². The Morgan fingerprint density at radius 3 is 2.83 bits per heavy atom. The maximum atomic E-state index is 11.7. The zero-order valence-electron chi connectivity index (χ0n) is 12.4. The van der Waals surface area contributed by atoms with Crippen LogP contribution in [-0.4, -0.2) is 42.0 Å². The number of carbonyl (C=O) groups excluding carboxylic acids is 3. The lowest BCUT2D eigenvalue weighted by atomic mass is 10.2. The summed E-state index contributed by atoms with van der Waals surface area (Å²) in [6.07, 6.45) is 1.37. The Hall–Kier alpha value is -2.83. The summed E-state index contributed by atoms with van der Waals surface area (Å²) in [5.74, 6) is -0.530. The van der Waals surface area contributed by atoms with Gasteiger partial charge in [-0.2, -0.15) is 0 Å². The molecule has 2 aliphatic heterocycles. The van der Waals surface area contributed by atoms with Gasteiger partial charge in [0.1, 0.15) is 18.9 Å². The lowest BCUT2D eigenvalue weighted by Crippen LogP contribution is -2.48. The van der Waals surface area contributed by atoms with Crippen molar-refractivity contribution < 1.29 is 23.9 Å². The maximum Gasteiger partial charge on any atom is 0.325 e. The molecule has 23 heavy (non-hydrogen) atoms. The Morgan fingerprint density at radius 1 is 1.35 bits per heavy atom. The average Bonchev–Trinajstić information content (AvgIpc) is 2.88. The van der Waals surface area contributed by atoms with Gasteiger partial charge in [0.25, 0.3) is 0 Å². The van der Waals surface area contributed by atoms with Crippen molar-refractivity contribution >= 4 is 17.8 Å². The number of ether oxygens (including phenoxy) is 2. The fourth-order valence-corrected chi connectivity index (χ4v) is 2.33. The van der Waals surface area contributed by atoms with E-state index in [2.05, 4.69) is 5.32 Å². The van der Waals surface area contributed by atoms with Crippen molar-refractivity contribution in [1.82, 2.24) is 10.2 Å². The zero-order chi connectivity index (χ0) is 16.2. The van der Waals surface area contributed by atoms with Crippen LogP contribution in [0.1, 0.15) is 12.0 Å². The normalized spacial score (nSPS) is 20.5. The van der Waals surface area contributed by atoms with Crippen LogP contribution in [0, 0.1) is 0 Å². The van der Waals surface area contributed by atoms with Crippen LogP contribution in [0.4, 0.5) is 0 Å². The predicted octanol–water partition coefficient (Wildman–Crippen LogP) is 0.319. The van der Waals surface area contributed by atoms with Gasteiger partial charge in [-0.1, -0.05) is 30.3 Å². The van der Waals surface area contributed by atoms with E-state index in [0.717, 1.165) is 5.56 Å². The van der Waals surface area contributed by atoms with Gasteiger partial charge in [-0.15, -0.1) is 0 Å². The molecule has 1 N–H and O–H groups in total. The van der Waals surface area contributed by atoms with E-state index in [4.69, 9.17) is 9.47 Å². The van der Waals surface area contributed by atoms with Gasteiger partial charge in [0.2, 0.25) is 11.8 Å². The molecule has 2 heterocycles. The molecule has 1 unspecified atom stereocenters. The number of fused-ring (bicyclic) bond motifs is 1. The molecule has 0 saturated carbocycles. The van der Waals surface area contributed by atoms with Crippen LogP contribution in [-0.2, 0) is 30.5 Å². The van der Waals surface area contributed by atoms with Crippen molar-refractivity contribution in [2.24, 2.45) is 0 Å². The third-order valence-corrected chi connectivity index (χ3v) is 3.57. The quantitative estimate of drug-likeness (QED) is 0.480. The molecular formula is C16H16N2O5. The van der Waals surface area contributed by atoms with E-state index in [9.17, 15) is 14.4 Å². The molecule has 1 atom stereocenters. The summed E-state index contributed by atoms with van der Waals surface area (Å²) in [6, 6.07) is 9.27. The number of β-lactam (4-membered cyclic amide) rings is 1. The predicted molar refractivity (Wildman–Crippen MR) is 78.5 cm³/mol. The highest BCUT2D eigenvalue weighted by Gasteiger charge is 2.43. The minimum Gasteiger partial charge on any atom is -0.472 e. The number of esters is 1. The monoisotopic (exact) mass is 316 g/mol. The van der Waals surface area contributed by atoms with E-state index in [1.54, 1.807) is 4.90 Å². The van der Waals surface area contributed by atoms with Gasteiger partial charge in [0.15, 0.2) is 6.23 Å². The van der Waals surface area contributed by atoms with Crippen LogP contribution >= 0.6 is 0 Å². The van der Waals surface area contributed by atoms with E-state index in [0.29, 0.717) is 18.7 Å². The number of benzene rings is 1. The molecular weight excluding hydrogens is 300 g/mol. The van der Waals surface area contributed by atoms with Gasteiger partial charge < -0.3 is 14.8 Å². The van der Waals surface area contributed by atoms with Gasteiger partial charge in [0, 0.05) is 6.08 Å². The minimum atomic E-state index is -0.521. The van der Waals surface area contributed by atoms with Crippen molar-refractivity contribution in [2.45, 2.75) is 19.3 Å². The SMILES string of the molecule is O=C(C=C1CN2C(=O)CC2O1)NCC(=O)OCc1ccccc1. The molecule has 1 aromatic carbocycles. The Labute approximate surface area is 132 Å². The molecule has 0 aliphatic carbocycles. The Bertz CT molecular complexity index is 656.